The van der Waals surface area contributed by atoms with E-state index in [1.54, 1.807) is 6.07 Å². The summed E-state index contributed by atoms with van der Waals surface area (Å²) in [5.41, 5.74) is 3.11. The van der Waals surface area contributed by atoms with Crippen LogP contribution in [0.1, 0.15) is 11.3 Å². The summed E-state index contributed by atoms with van der Waals surface area (Å²) in [6.07, 6.45) is 0.876. The lowest BCUT2D eigenvalue weighted by Gasteiger charge is -2.29. The Labute approximate surface area is 98.9 Å². The Kier molecular flexibility index (Phi) is 2.40. The molecule has 1 aliphatic rings. The number of nitrogens with zero attached hydrogens (tertiary/aromatic N) is 2. The largest absolute Gasteiger partial charge is 0.367 e. The fourth-order valence-corrected chi connectivity index (χ4v) is 2.21. The Morgan fingerprint density at radius 2 is 2.06 bits per heavy atom. The van der Waals surface area contributed by atoms with Crippen LogP contribution in [0.4, 0.5) is 5.69 Å². The summed E-state index contributed by atoms with van der Waals surface area (Å²) in [4.78, 5) is 13.5. The molecule has 0 saturated carbocycles. The van der Waals surface area contributed by atoms with Gasteiger partial charge in [-0.05, 0) is 12.1 Å². The fourth-order valence-electron chi connectivity index (χ4n) is 2.21. The molecule has 86 valence electrons. The van der Waals surface area contributed by atoms with E-state index in [2.05, 4.69) is 27.2 Å². The van der Waals surface area contributed by atoms with Crippen molar-refractivity contribution in [1.82, 2.24) is 10.2 Å². The Bertz CT molecular complexity index is 577. The van der Waals surface area contributed by atoms with Gasteiger partial charge in [0.15, 0.2) is 0 Å². The van der Waals surface area contributed by atoms with Gasteiger partial charge in [0.1, 0.15) is 0 Å². The molecule has 2 aromatic rings. The second-order valence-electron chi connectivity index (χ2n) is 4.21. The number of aromatic amines is 1. The molecular formula is C13H13N3O. The molecule has 0 radical (unpaired) electrons. The molecule has 0 saturated heterocycles. The van der Waals surface area contributed by atoms with Crippen molar-refractivity contribution < 1.29 is 0 Å². The summed E-state index contributed by atoms with van der Waals surface area (Å²) < 4.78 is 0. The summed E-state index contributed by atoms with van der Waals surface area (Å²) in [6, 6.07) is 11.9. The van der Waals surface area contributed by atoms with Crippen LogP contribution >= 0.6 is 0 Å². The lowest BCUT2D eigenvalue weighted by atomic mass is 10.1. The maximum absolute atomic E-state index is 11.2. The molecule has 0 spiro atoms. The fraction of sp³-hybridized carbons (Fsp3) is 0.231. The Hall–Kier alpha value is -2.10. The van der Waals surface area contributed by atoms with Gasteiger partial charge in [0, 0.05) is 36.8 Å². The van der Waals surface area contributed by atoms with Crippen LogP contribution in [0, 0.1) is 0 Å². The molecule has 0 amide bonds. The first-order chi connectivity index (χ1) is 8.33. The van der Waals surface area contributed by atoms with Crippen LogP contribution < -0.4 is 10.5 Å². The zero-order valence-electron chi connectivity index (χ0n) is 9.39. The van der Waals surface area contributed by atoms with Crippen LogP contribution in [0.25, 0.3) is 0 Å². The molecule has 1 aromatic carbocycles. The van der Waals surface area contributed by atoms with Crippen molar-refractivity contribution in [2.75, 3.05) is 11.4 Å². The molecule has 17 heavy (non-hydrogen) atoms. The molecule has 4 nitrogen and oxygen atoms in total. The number of fused-ring (bicyclic) bond motifs is 1. The maximum atomic E-state index is 11.2. The molecule has 0 fully saturated rings. The summed E-state index contributed by atoms with van der Waals surface area (Å²) in [6.45, 7) is 1.70. The molecule has 0 aliphatic carbocycles. The molecule has 0 atom stereocenters. The first-order valence-electron chi connectivity index (χ1n) is 5.70. The van der Waals surface area contributed by atoms with Gasteiger partial charge in [-0.3, -0.25) is 4.79 Å². The van der Waals surface area contributed by atoms with Gasteiger partial charge in [0.05, 0.1) is 5.69 Å². The van der Waals surface area contributed by atoms with Crippen molar-refractivity contribution in [3.8, 4) is 0 Å². The number of H-pyrrole nitrogens is 1. The lowest BCUT2D eigenvalue weighted by Crippen LogP contribution is -2.32. The highest BCUT2D eigenvalue weighted by Gasteiger charge is 2.17. The molecule has 3 rings (SSSR count). The van der Waals surface area contributed by atoms with Gasteiger partial charge in [-0.25, -0.2) is 5.10 Å². The predicted octanol–water partition coefficient (Wildman–Crippen LogP) is 1.33. The molecule has 1 aromatic heterocycles. The number of hydrogen-bond donors (Lipinski definition) is 1. The molecule has 0 unspecified atom stereocenters. The highest BCUT2D eigenvalue weighted by molar-refractivity contribution is 5.48. The molecule has 4 heteroatoms. The van der Waals surface area contributed by atoms with Gasteiger partial charge >= 0.3 is 0 Å². The van der Waals surface area contributed by atoms with Crippen LogP contribution in [0.5, 0.6) is 0 Å². The summed E-state index contributed by atoms with van der Waals surface area (Å²) in [5.74, 6) is 0. The van der Waals surface area contributed by atoms with E-state index in [-0.39, 0.29) is 5.56 Å². The first-order valence-corrected chi connectivity index (χ1v) is 5.70. The molecule has 1 N–H and O–H groups in total. The van der Waals surface area contributed by atoms with E-state index in [1.807, 2.05) is 18.2 Å². The highest BCUT2D eigenvalue weighted by Crippen LogP contribution is 2.21. The SMILES string of the molecule is O=c1cc2c(n[nH]1)CCN(c1ccccc1)C2. The van der Waals surface area contributed by atoms with E-state index in [0.29, 0.717) is 0 Å². The van der Waals surface area contributed by atoms with Crippen molar-refractivity contribution in [1.29, 1.82) is 0 Å². The van der Waals surface area contributed by atoms with Crippen LogP contribution in [-0.4, -0.2) is 16.7 Å². The average molecular weight is 227 g/mol. The second kappa shape index (κ2) is 4.05. The number of aromatic nitrogens is 2. The van der Waals surface area contributed by atoms with Crippen molar-refractivity contribution in [3.05, 3.63) is 58.0 Å². The Morgan fingerprint density at radius 1 is 1.24 bits per heavy atom. The second-order valence-corrected chi connectivity index (χ2v) is 4.21. The number of anilines is 1. The molecule has 0 bridgehead atoms. The van der Waals surface area contributed by atoms with Gasteiger partial charge in [-0.1, -0.05) is 18.2 Å². The third-order valence-corrected chi connectivity index (χ3v) is 3.08. The smallest absolute Gasteiger partial charge is 0.264 e. The minimum atomic E-state index is -0.126. The quantitative estimate of drug-likeness (QED) is 0.799. The Balaban J connectivity index is 1.92. The number of hydrogen-bond acceptors (Lipinski definition) is 3. The van der Waals surface area contributed by atoms with Gasteiger partial charge in [-0.15, -0.1) is 0 Å². The van der Waals surface area contributed by atoms with E-state index in [4.69, 9.17) is 0 Å². The normalized spacial score (nSPS) is 14.5. The van der Waals surface area contributed by atoms with E-state index in [0.717, 1.165) is 30.8 Å². The third-order valence-electron chi connectivity index (χ3n) is 3.08. The van der Waals surface area contributed by atoms with Crippen molar-refractivity contribution in [2.45, 2.75) is 13.0 Å². The monoisotopic (exact) mass is 227 g/mol. The minimum Gasteiger partial charge on any atom is -0.367 e. The highest BCUT2D eigenvalue weighted by atomic mass is 16.1. The van der Waals surface area contributed by atoms with E-state index >= 15 is 0 Å². The van der Waals surface area contributed by atoms with Gasteiger partial charge in [0.2, 0.25) is 0 Å². The molecule has 2 heterocycles. The van der Waals surface area contributed by atoms with E-state index in [9.17, 15) is 4.79 Å². The third kappa shape index (κ3) is 1.93. The summed E-state index contributed by atoms with van der Waals surface area (Å²) in [5, 5.41) is 6.57. The van der Waals surface area contributed by atoms with E-state index < -0.39 is 0 Å². The molecular weight excluding hydrogens is 214 g/mol. The number of rotatable bonds is 1. The van der Waals surface area contributed by atoms with Crippen LogP contribution in [-0.2, 0) is 13.0 Å². The number of benzene rings is 1. The van der Waals surface area contributed by atoms with Crippen LogP contribution in [0.3, 0.4) is 0 Å². The first kappa shape index (κ1) is 10.1. The van der Waals surface area contributed by atoms with Crippen LogP contribution in [0.15, 0.2) is 41.2 Å². The van der Waals surface area contributed by atoms with Crippen LogP contribution in [0.2, 0.25) is 0 Å². The van der Waals surface area contributed by atoms with E-state index in [1.165, 1.54) is 5.69 Å². The lowest BCUT2D eigenvalue weighted by molar-refractivity contribution is 0.691. The molecule has 1 aliphatic heterocycles. The zero-order chi connectivity index (χ0) is 11.7. The van der Waals surface area contributed by atoms with Crippen molar-refractivity contribution in [2.24, 2.45) is 0 Å². The van der Waals surface area contributed by atoms with Gasteiger partial charge in [0.25, 0.3) is 5.56 Å². The van der Waals surface area contributed by atoms with Crippen molar-refractivity contribution >= 4 is 5.69 Å². The predicted molar refractivity (Wildman–Crippen MR) is 66.1 cm³/mol. The zero-order valence-corrected chi connectivity index (χ0v) is 9.39. The minimum absolute atomic E-state index is 0.126. The topological polar surface area (TPSA) is 49.0 Å². The summed E-state index contributed by atoms with van der Waals surface area (Å²) >= 11 is 0. The standard InChI is InChI=1S/C13H13N3O/c17-13-8-10-9-16(7-6-12(10)14-15-13)11-4-2-1-3-5-11/h1-5,8H,6-7,9H2,(H,15,17). The maximum Gasteiger partial charge on any atom is 0.264 e. The van der Waals surface area contributed by atoms with Gasteiger partial charge < -0.3 is 4.90 Å². The Morgan fingerprint density at radius 3 is 2.88 bits per heavy atom. The number of para-hydroxylation sites is 1. The number of nitrogens with one attached hydrogen (secondary N) is 1. The average Bonchev–Trinajstić information content (AvgIpc) is 2.39. The summed E-state index contributed by atoms with van der Waals surface area (Å²) in [7, 11) is 0. The van der Waals surface area contributed by atoms with Gasteiger partial charge in [-0.2, -0.15) is 5.10 Å². The van der Waals surface area contributed by atoms with Crippen molar-refractivity contribution in [3.63, 3.8) is 0 Å².